The quantitative estimate of drug-likeness (QED) is 0.755. The van der Waals surface area contributed by atoms with Crippen molar-refractivity contribution in [3.8, 4) is 0 Å². The van der Waals surface area contributed by atoms with E-state index in [-0.39, 0.29) is 23.7 Å². The summed E-state index contributed by atoms with van der Waals surface area (Å²) in [6, 6.07) is 0. The van der Waals surface area contributed by atoms with Gasteiger partial charge in [-0.2, -0.15) is 13.2 Å². The van der Waals surface area contributed by atoms with E-state index in [0.29, 0.717) is 0 Å². The van der Waals surface area contributed by atoms with E-state index >= 15 is 0 Å². The molecule has 0 spiro atoms. The molecule has 14 heavy (non-hydrogen) atoms. The van der Waals surface area contributed by atoms with Crippen LogP contribution in [0.15, 0.2) is 0 Å². The van der Waals surface area contributed by atoms with Crippen LogP contribution in [0.25, 0.3) is 0 Å². The topological polar surface area (TPSA) is 45.8 Å². The van der Waals surface area contributed by atoms with E-state index in [1.165, 1.54) is 0 Å². The van der Waals surface area contributed by atoms with Crippen LogP contribution in [0, 0.1) is 0 Å². The maximum absolute atomic E-state index is 12.4. The van der Waals surface area contributed by atoms with Gasteiger partial charge in [0.1, 0.15) is 0 Å². The molecule has 0 aliphatic heterocycles. The first-order valence-electron chi connectivity index (χ1n) is 3.98. The molecule has 0 saturated carbocycles. The van der Waals surface area contributed by atoms with Crippen LogP contribution in [-0.2, 0) is 6.18 Å². The van der Waals surface area contributed by atoms with Crippen LogP contribution in [0.3, 0.4) is 0 Å². The Morgan fingerprint density at radius 2 is 2.00 bits per heavy atom. The summed E-state index contributed by atoms with van der Waals surface area (Å²) in [6.07, 6.45) is -4.25. The van der Waals surface area contributed by atoms with E-state index < -0.39 is 11.9 Å². The molecule has 0 aliphatic rings. The van der Waals surface area contributed by atoms with Gasteiger partial charge in [0.2, 0.25) is 0 Å². The minimum Gasteiger partial charge on any atom is -0.339 e. The molecule has 1 N–H and O–H groups in total. The first kappa shape index (κ1) is 10.7. The van der Waals surface area contributed by atoms with E-state index in [4.69, 9.17) is 0 Å². The molecule has 1 rings (SSSR count). The zero-order chi connectivity index (χ0) is 10.9. The number of alkyl halides is 3. The predicted molar refractivity (Wildman–Crippen MR) is 43.1 cm³/mol. The van der Waals surface area contributed by atoms with Crippen molar-refractivity contribution in [2.75, 3.05) is 0 Å². The molecule has 1 aromatic rings. The van der Waals surface area contributed by atoms with Gasteiger partial charge in [-0.05, 0) is 5.92 Å². The molecule has 0 amide bonds. The fourth-order valence-corrected chi connectivity index (χ4v) is 1.10. The Labute approximate surface area is 78.3 Å². The Morgan fingerprint density at radius 1 is 1.43 bits per heavy atom. The molecule has 6 heteroatoms. The van der Waals surface area contributed by atoms with Gasteiger partial charge in [0, 0.05) is 0 Å². The lowest BCUT2D eigenvalue weighted by Gasteiger charge is -2.07. The number of aromatic amines is 1. The van der Waals surface area contributed by atoms with Crippen molar-refractivity contribution in [3.05, 3.63) is 17.2 Å². The van der Waals surface area contributed by atoms with Crippen molar-refractivity contribution in [3.63, 3.8) is 0 Å². The highest BCUT2D eigenvalue weighted by Gasteiger charge is 2.37. The second kappa shape index (κ2) is 3.43. The molecule has 1 aromatic heterocycles. The van der Waals surface area contributed by atoms with Crippen LogP contribution in [0.4, 0.5) is 13.2 Å². The number of imidazole rings is 1. The average Bonchev–Trinajstić information content (AvgIpc) is 2.46. The van der Waals surface area contributed by atoms with Crippen LogP contribution in [-0.4, -0.2) is 16.3 Å². The molecule has 0 aliphatic carbocycles. The fourth-order valence-electron chi connectivity index (χ4n) is 1.10. The normalized spacial score (nSPS) is 12.1. The number of H-pyrrole nitrogens is 1. The van der Waals surface area contributed by atoms with Crippen molar-refractivity contribution < 1.29 is 18.0 Å². The number of nitrogens with zero attached hydrogens (tertiary/aromatic N) is 1. The number of rotatable bonds is 2. The van der Waals surface area contributed by atoms with E-state index in [1.54, 1.807) is 13.8 Å². The molecular formula is C8H9F3N2O. The van der Waals surface area contributed by atoms with Gasteiger partial charge in [-0.1, -0.05) is 13.8 Å². The SMILES string of the molecule is CC(C)c1[nH]c(C=O)nc1C(F)(F)F. The number of nitrogens with one attached hydrogen (secondary N) is 1. The zero-order valence-corrected chi connectivity index (χ0v) is 7.64. The lowest BCUT2D eigenvalue weighted by molar-refractivity contribution is -0.141. The highest BCUT2D eigenvalue weighted by atomic mass is 19.4. The molecule has 0 radical (unpaired) electrons. The number of aldehydes is 1. The van der Waals surface area contributed by atoms with Crippen molar-refractivity contribution in [1.82, 2.24) is 9.97 Å². The summed E-state index contributed by atoms with van der Waals surface area (Å²) < 4.78 is 37.1. The molecule has 3 nitrogen and oxygen atoms in total. The Balaban J connectivity index is 3.26. The highest BCUT2D eigenvalue weighted by Crippen LogP contribution is 2.33. The molecule has 0 saturated heterocycles. The largest absolute Gasteiger partial charge is 0.435 e. The van der Waals surface area contributed by atoms with Crippen LogP contribution < -0.4 is 0 Å². The van der Waals surface area contributed by atoms with E-state index in [0.717, 1.165) is 0 Å². The van der Waals surface area contributed by atoms with E-state index in [9.17, 15) is 18.0 Å². The Hall–Kier alpha value is -1.33. The van der Waals surface area contributed by atoms with Crippen LogP contribution >= 0.6 is 0 Å². The number of hydrogen-bond donors (Lipinski definition) is 1. The molecule has 1 heterocycles. The first-order valence-corrected chi connectivity index (χ1v) is 3.98. The van der Waals surface area contributed by atoms with Gasteiger partial charge in [-0.3, -0.25) is 4.79 Å². The van der Waals surface area contributed by atoms with Crippen LogP contribution in [0.1, 0.15) is 41.8 Å². The summed E-state index contributed by atoms with van der Waals surface area (Å²) in [6.45, 7) is 3.19. The zero-order valence-electron chi connectivity index (χ0n) is 7.64. The maximum Gasteiger partial charge on any atom is 0.435 e. The number of hydrogen-bond acceptors (Lipinski definition) is 2. The van der Waals surface area contributed by atoms with Crippen molar-refractivity contribution in [2.45, 2.75) is 25.9 Å². The third kappa shape index (κ3) is 1.94. The summed E-state index contributed by atoms with van der Waals surface area (Å²) in [7, 11) is 0. The molecule has 0 atom stereocenters. The molecule has 0 aromatic carbocycles. The Morgan fingerprint density at radius 3 is 2.29 bits per heavy atom. The predicted octanol–water partition coefficient (Wildman–Crippen LogP) is 2.36. The molecule has 0 bridgehead atoms. The summed E-state index contributed by atoms with van der Waals surface area (Å²) in [4.78, 5) is 15.8. The van der Waals surface area contributed by atoms with Gasteiger partial charge < -0.3 is 4.98 Å². The van der Waals surface area contributed by atoms with Gasteiger partial charge in [0.15, 0.2) is 17.8 Å². The lowest BCUT2D eigenvalue weighted by atomic mass is 10.1. The average molecular weight is 206 g/mol. The van der Waals surface area contributed by atoms with E-state index in [2.05, 4.69) is 9.97 Å². The highest BCUT2D eigenvalue weighted by molar-refractivity contribution is 5.69. The van der Waals surface area contributed by atoms with Crippen molar-refractivity contribution in [1.29, 1.82) is 0 Å². The van der Waals surface area contributed by atoms with E-state index in [1.807, 2.05) is 0 Å². The summed E-state index contributed by atoms with van der Waals surface area (Å²) in [5.74, 6) is -0.645. The molecular weight excluding hydrogens is 197 g/mol. The number of carbonyl (C=O) groups is 1. The lowest BCUT2D eigenvalue weighted by Crippen LogP contribution is -2.10. The monoisotopic (exact) mass is 206 g/mol. The van der Waals surface area contributed by atoms with Gasteiger partial charge >= 0.3 is 6.18 Å². The minimum absolute atomic E-state index is 0.0559. The Bertz CT molecular complexity index is 341. The van der Waals surface area contributed by atoms with Crippen LogP contribution in [0.5, 0.6) is 0 Å². The second-order valence-electron chi connectivity index (χ2n) is 3.15. The van der Waals surface area contributed by atoms with Gasteiger partial charge in [-0.25, -0.2) is 4.98 Å². The smallest absolute Gasteiger partial charge is 0.339 e. The van der Waals surface area contributed by atoms with Crippen molar-refractivity contribution >= 4 is 6.29 Å². The summed E-state index contributed by atoms with van der Waals surface area (Å²) >= 11 is 0. The number of halogens is 3. The van der Waals surface area contributed by atoms with Crippen LogP contribution in [0.2, 0.25) is 0 Å². The third-order valence-corrected chi connectivity index (χ3v) is 1.71. The molecule has 78 valence electrons. The van der Waals surface area contributed by atoms with Gasteiger partial charge in [0.05, 0.1) is 5.69 Å². The third-order valence-electron chi connectivity index (χ3n) is 1.71. The number of aromatic nitrogens is 2. The molecule has 0 fully saturated rings. The van der Waals surface area contributed by atoms with Gasteiger partial charge in [-0.15, -0.1) is 0 Å². The van der Waals surface area contributed by atoms with Crippen molar-refractivity contribution in [2.24, 2.45) is 0 Å². The second-order valence-corrected chi connectivity index (χ2v) is 3.15. The fraction of sp³-hybridized carbons (Fsp3) is 0.500. The maximum atomic E-state index is 12.4. The number of carbonyl (C=O) groups excluding carboxylic acids is 1. The summed E-state index contributed by atoms with van der Waals surface area (Å²) in [5, 5.41) is 0. The molecule has 0 unspecified atom stereocenters. The minimum atomic E-state index is -4.52. The first-order chi connectivity index (χ1) is 6.36. The summed E-state index contributed by atoms with van der Waals surface area (Å²) in [5.41, 5.74) is -1.06. The standard InChI is InChI=1S/C8H9F3N2O/c1-4(2)6-7(8(9,10)11)13-5(3-14)12-6/h3-4H,1-2H3,(H,12,13). The van der Waals surface area contributed by atoms with Gasteiger partial charge in [0.25, 0.3) is 0 Å². The Kier molecular flexibility index (Phi) is 2.64.